The molecular formula is C31H60N6O4. The first-order valence-electron chi connectivity index (χ1n) is 15.9. The van der Waals surface area contributed by atoms with E-state index in [-0.39, 0.29) is 48.3 Å². The summed E-state index contributed by atoms with van der Waals surface area (Å²) in [7, 11) is 3.94. The molecule has 2 N–H and O–H groups in total. The first-order chi connectivity index (χ1) is 19.4. The summed E-state index contributed by atoms with van der Waals surface area (Å²) >= 11 is 0. The van der Waals surface area contributed by atoms with Crippen molar-refractivity contribution in [2.24, 2.45) is 11.8 Å². The Morgan fingerprint density at radius 3 is 2.00 bits per heavy atom. The highest BCUT2D eigenvalue weighted by molar-refractivity contribution is 5.90. The Bertz CT molecular complexity index is 784. The number of rotatable bonds is 10. The lowest BCUT2D eigenvalue weighted by atomic mass is 10.0. The van der Waals surface area contributed by atoms with E-state index in [1.54, 1.807) is 16.8 Å². The Hall–Kier alpha value is -2.20. The molecule has 3 rings (SSSR count). The molecule has 3 heterocycles. The van der Waals surface area contributed by atoms with Crippen LogP contribution in [-0.4, -0.2) is 122 Å². The van der Waals surface area contributed by atoms with Gasteiger partial charge in [-0.1, -0.05) is 41.0 Å². The summed E-state index contributed by atoms with van der Waals surface area (Å²) in [5.41, 5.74) is 0. The van der Waals surface area contributed by atoms with Gasteiger partial charge in [0.05, 0.1) is 12.6 Å². The van der Waals surface area contributed by atoms with Crippen molar-refractivity contribution in [1.29, 1.82) is 0 Å². The minimum atomic E-state index is -0.375. The van der Waals surface area contributed by atoms with Crippen LogP contribution in [0.2, 0.25) is 0 Å². The molecule has 0 aromatic heterocycles. The molecular weight excluding hydrogens is 520 g/mol. The van der Waals surface area contributed by atoms with Gasteiger partial charge in [0.1, 0.15) is 6.04 Å². The van der Waals surface area contributed by atoms with Crippen molar-refractivity contribution < 1.29 is 19.2 Å². The smallest absolute Gasteiger partial charge is 0.242 e. The third kappa shape index (κ3) is 13.1. The van der Waals surface area contributed by atoms with Crippen LogP contribution in [-0.2, 0) is 19.2 Å². The van der Waals surface area contributed by atoms with E-state index in [1.807, 2.05) is 6.92 Å². The van der Waals surface area contributed by atoms with Crippen molar-refractivity contribution in [2.45, 2.75) is 105 Å². The van der Waals surface area contributed by atoms with Gasteiger partial charge in [-0.25, -0.2) is 0 Å². The molecule has 0 aliphatic carbocycles. The minimum Gasteiger partial charge on any atom is -0.355 e. The lowest BCUT2D eigenvalue weighted by molar-refractivity contribution is -0.142. The van der Waals surface area contributed by atoms with Crippen LogP contribution in [0.5, 0.6) is 0 Å². The minimum absolute atomic E-state index is 0.0281. The van der Waals surface area contributed by atoms with E-state index < -0.39 is 0 Å². The van der Waals surface area contributed by atoms with Crippen LogP contribution < -0.4 is 10.6 Å². The van der Waals surface area contributed by atoms with Crippen molar-refractivity contribution in [3.8, 4) is 0 Å². The van der Waals surface area contributed by atoms with E-state index >= 15 is 0 Å². The van der Waals surface area contributed by atoms with E-state index in [0.717, 1.165) is 31.7 Å². The summed E-state index contributed by atoms with van der Waals surface area (Å²) in [6, 6.07) is -0.700. The van der Waals surface area contributed by atoms with E-state index in [4.69, 9.17) is 0 Å². The number of hydrogen-bond acceptors (Lipinski definition) is 6. The highest BCUT2D eigenvalue weighted by Gasteiger charge is 2.41. The Morgan fingerprint density at radius 2 is 1.49 bits per heavy atom. The second-order valence-corrected chi connectivity index (χ2v) is 12.6. The van der Waals surface area contributed by atoms with Gasteiger partial charge in [-0.3, -0.25) is 24.1 Å². The number of amides is 4. The number of nitrogens with one attached hydrogen (secondary N) is 2. The second-order valence-electron chi connectivity index (χ2n) is 12.6. The van der Waals surface area contributed by atoms with Gasteiger partial charge in [-0.2, -0.15) is 0 Å². The zero-order valence-corrected chi connectivity index (χ0v) is 27.3. The standard InChI is InChI=1S/C21H37N5O4.C6H13N.C4H10/c1-5-23-20(29)16-8-7-11-26(16)21(30)17-9-6-10-25(17)13-18(15(2)3)24(4)19(28)12-22-14-27;1-7-5-3-2-4-6-7;1-4(2)3/h14-18H,5-13H2,1-4H3,(H,22,27)(H,23,29);2-6H2,1H3;4H,1-3H3/t16?,17-,18+;;/m0../s1. The summed E-state index contributed by atoms with van der Waals surface area (Å²) < 4.78 is 0. The third-order valence-corrected chi connectivity index (χ3v) is 7.84. The molecule has 4 amide bonds. The van der Waals surface area contributed by atoms with Gasteiger partial charge < -0.3 is 25.3 Å². The molecule has 10 nitrogen and oxygen atoms in total. The molecule has 3 fully saturated rings. The van der Waals surface area contributed by atoms with Crippen LogP contribution in [0.15, 0.2) is 0 Å². The van der Waals surface area contributed by atoms with E-state index in [0.29, 0.717) is 32.5 Å². The topological polar surface area (TPSA) is 105 Å². The average Bonchev–Trinajstić information content (AvgIpc) is 3.60. The highest BCUT2D eigenvalue weighted by atomic mass is 16.2. The Balaban J connectivity index is 0.000000637. The van der Waals surface area contributed by atoms with Crippen molar-refractivity contribution in [1.82, 2.24) is 30.2 Å². The quantitative estimate of drug-likeness (QED) is 0.385. The Kier molecular flexibility index (Phi) is 17.8. The summed E-state index contributed by atoms with van der Waals surface area (Å²) in [4.78, 5) is 56.6. The zero-order valence-electron chi connectivity index (χ0n) is 27.3. The predicted molar refractivity (Wildman–Crippen MR) is 165 cm³/mol. The first-order valence-corrected chi connectivity index (χ1v) is 15.9. The van der Waals surface area contributed by atoms with Crippen LogP contribution in [0.4, 0.5) is 0 Å². The number of piperidine rings is 1. The molecule has 0 radical (unpaired) electrons. The molecule has 0 aromatic rings. The summed E-state index contributed by atoms with van der Waals surface area (Å²) in [5, 5.41) is 5.27. The molecule has 0 bridgehead atoms. The van der Waals surface area contributed by atoms with Crippen LogP contribution in [0.1, 0.15) is 86.5 Å². The molecule has 3 aliphatic rings. The van der Waals surface area contributed by atoms with E-state index in [2.05, 4.69) is 62.1 Å². The van der Waals surface area contributed by atoms with E-state index in [1.165, 1.54) is 32.4 Å². The fraction of sp³-hybridized carbons (Fsp3) is 0.871. The molecule has 0 spiro atoms. The van der Waals surface area contributed by atoms with Crippen LogP contribution >= 0.6 is 0 Å². The molecule has 3 atom stereocenters. The predicted octanol–water partition coefficient (Wildman–Crippen LogP) is 2.57. The van der Waals surface area contributed by atoms with Gasteiger partial charge in [-0.15, -0.1) is 0 Å². The molecule has 10 heteroatoms. The van der Waals surface area contributed by atoms with Gasteiger partial charge >= 0.3 is 0 Å². The summed E-state index contributed by atoms with van der Waals surface area (Å²) in [6.07, 6.45) is 8.04. The molecule has 1 unspecified atom stereocenters. The Labute approximate surface area is 249 Å². The highest BCUT2D eigenvalue weighted by Crippen LogP contribution is 2.26. The molecule has 3 saturated heterocycles. The summed E-state index contributed by atoms with van der Waals surface area (Å²) in [5.74, 6) is 0.835. The monoisotopic (exact) mass is 580 g/mol. The molecule has 0 aromatic carbocycles. The maximum absolute atomic E-state index is 13.3. The molecule has 0 saturated carbocycles. The first kappa shape index (κ1) is 36.8. The van der Waals surface area contributed by atoms with Crippen molar-refractivity contribution in [3.63, 3.8) is 0 Å². The number of nitrogens with zero attached hydrogens (tertiary/aromatic N) is 4. The molecule has 3 aliphatic heterocycles. The number of likely N-dealkylation sites (tertiary alicyclic amines) is 3. The van der Waals surface area contributed by atoms with Gasteiger partial charge in [0.25, 0.3) is 0 Å². The normalized spacial score (nSPS) is 21.9. The maximum atomic E-state index is 13.3. The maximum Gasteiger partial charge on any atom is 0.242 e. The number of hydrogen-bond donors (Lipinski definition) is 2. The van der Waals surface area contributed by atoms with Crippen molar-refractivity contribution in [2.75, 3.05) is 59.9 Å². The van der Waals surface area contributed by atoms with Crippen LogP contribution in [0.25, 0.3) is 0 Å². The zero-order chi connectivity index (χ0) is 30.9. The fourth-order valence-electron chi connectivity index (χ4n) is 5.62. The largest absolute Gasteiger partial charge is 0.355 e. The number of carbonyl (C=O) groups excluding carboxylic acids is 4. The van der Waals surface area contributed by atoms with Gasteiger partial charge in [0.2, 0.25) is 24.1 Å². The van der Waals surface area contributed by atoms with Crippen LogP contribution in [0, 0.1) is 11.8 Å². The van der Waals surface area contributed by atoms with Crippen molar-refractivity contribution >= 4 is 24.1 Å². The van der Waals surface area contributed by atoms with Crippen LogP contribution in [0.3, 0.4) is 0 Å². The lowest BCUT2D eigenvalue weighted by Crippen LogP contribution is -2.55. The lowest BCUT2D eigenvalue weighted by Gasteiger charge is -2.37. The van der Waals surface area contributed by atoms with Gasteiger partial charge in [0.15, 0.2) is 0 Å². The fourth-order valence-corrected chi connectivity index (χ4v) is 5.62. The molecule has 41 heavy (non-hydrogen) atoms. The van der Waals surface area contributed by atoms with Gasteiger partial charge in [-0.05, 0) is 84.0 Å². The van der Waals surface area contributed by atoms with Crippen molar-refractivity contribution in [3.05, 3.63) is 0 Å². The summed E-state index contributed by atoms with van der Waals surface area (Å²) in [6.45, 7) is 17.7. The van der Waals surface area contributed by atoms with E-state index in [9.17, 15) is 19.2 Å². The second kappa shape index (κ2) is 19.8. The number of likely N-dealkylation sites (N-methyl/N-ethyl adjacent to an activating group) is 2. The Morgan fingerprint density at radius 1 is 0.902 bits per heavy atom. The SMILES string of the molecule is CC(C)C.CCNC(=O)C1CCCN1C(=O)[C@@H]1CCCN1C[C@H](C(C)C)N(C)C(=O)CNC=O.CN1CCCCC1. The van der Waals surface area contributed by atoms with Gasteiger partial charge in [0, 0.05) is 32.7 Å². The average molecular weight is 581 g/mol. The molecule has 238 valence electrons. The number of carbonyl (C=O) groups is 4. The third-order valence-electron chi connectivity index (χ3n) is 7.84.